The van der Waals surface area contributed by atoms with E-state index in [2.05, 4.69) is 5.32 Å². The molecular weight excluding hydrogens is 466 g/mol. The summed E-state index contributed by atoms with van der Waals surface area (Å²) in [6.07, 6.45) is 1.47. The number of nitrogens with one attached hydrogen (secondary N) is 1. The summed E-state index contributed by atoms with van der Waals surface area (Å²) in [6, 6.07) is 10.4. The summed E-state index contributed by atoms with van der Waals surface area (Å²) in [5.74, 6) is -3.40. The highest BCUT2D eigenvalue weighted by molar-refractivity contribution is 7.89. The van der Waals surface area contributed by atoms with Crippen molar-refractivity contribution < 1.29 is 31.5 Å². The second kappa shape index (κ2) is 11.5. The number of piperidine rings is 1. The van der Waals surface area contributed by atoms with Crippen molar-refractivity contribution in [3.63, 3.8) is 0 Å². The number of ether oxygens (including phenoxy) is 1. The van der Waals surface area contributed by atoms with E-state index in [0.717, 1.165) is 27.6 Å². The van der Waals surface area contributed by atoms with E-state index in [1.807, 2.05) is 31.2 Å². The normalized spacial score (nSPS) is 15.1. The van der Waals surface area contributed by atoms with Gasteiger partial charge in [0.25, 0.3) is 0 Å². The van der Waals surface area contributed by atoms with Crippen molar-refractivity contribution in [3.8, 4) is 0 Å². The number of benzene rings is 2. The summed E-state index contributed by atoms with van der Waals surface area (Å²) in [5.41, 5.74) is 2.23. The molecule has 0 radical (unpaired) electrons. The van der Waals surface area contributed by atoms with Crippen LogP contribution >= 0.6 is 0 Å². The first kappa shape index (κ1) is 25.8. The predicted octanol–water partition coefficient (Wildman–Crippen LogP) is 2.97. The lowest BCUT2D eigenvalue weighted by molar-refractivity contribution is -0.150. The van der Waals surface area contributed by atoms with E-state index in [1.54, 1.807) is 0 Å². The van der Waals surface area contributed by atoms with Crippen molar-refractivity contribution in [2.75, 3.05) is 26.2 Å². The minimum Gasteiger partial charge on any atom is -0.464 e. The molecule has 2 aromatic rings. The topological polar surface area (TPSA) is 92.8 Å². The molecule has 0 unspecified atom stereocenters. The fraction of sp³-hybridized carbons (Fsp3) is 0.417. The Kier molecular flexibility index (Phi) is 8.73. The standard InChI is InChI=1S/C24H28F2N2O5S/c1-17-2-4-18(5-3-17)6-9-23(29)27-12-15-33-24(30)19-10-13-28(14-11-19)34(31,32)20-7-8-21(25)22(26)16-20/h2-5,7-8,16,19H,6,9-15H2,1H3,(H,27,29). The van der Waals surface area contributed by atoms with Crippen LogP contribution in [0.25, 0.3) is 0 Å². The van der Waals surface area contributed by atoms with Crippen LogP contribution in [-0.2, 0) is 30.8 Å². The van der Waals surface area contributed by atoms with Crippen LogP contribution in [0, 0.1) is 24.5 Å². The number of hydrogen-bond donors (Lipinski definition) is 1. The highest BCUT2D eigenvalue weighted by atomic mass is 32.2. The summed E-state index contributed by atoms with van der Waals surface area (Å²) in [5, 5.41) is 2.72. The number of halogens is 2. The van der Waals surface area contributed by atoms with Crippen molar-refractivity contribution in [1.82, 2.24) is 9.62 Å². The van der Waals surface area contributed by atoms with Gasteiger partial charge in [-0.05, 0) is 49.9 Å². The van der Waals surface area contributed by atoms with Gasteiger partial charge in [-0.1, -0.05) is 29.8 Å². The van der Waals surface area contributed by atoms with E-state index >= 15 is 0 Å². The first-order valence-electron chi connectivity index (χ1n) is 11.1. The van der Waals surface area contributed by atoms with Crippen molar-refractivity contribution in [2.45, 2.75) is 37.5 Å². The molecule has 184 valence electrons. The zero-order valence-electron chi connectivity index (χ0n) is 18.9. The first-order chi connectivity index (χ1) is 16.2. The molecule has 2 aromatic carbocycles. The molecular formula is C24H28F2N2O5S. The smallest absolute Gasteiger partial charge is 0.309 e. The number of amides is 1. The molecule has 0 atom stereocenters. The molecule has 1 N–H and O–H groups in total. The average Bonchev–Trinajstić information content (AvgIpc) is 2.83. The number of carbonyl (C=O) groups excluding carboxylic acids is 2. The van der Waals surface area contributed by atoms with Crippen LogP contribution in [0.5, 0.6) is 0 Å². The van der Waals surface area contributed by atoms with Crippen LogP contribution in [0.4, 0.5) is 8.78 Å². The zero-order chi connectivity index (χ0) is 24.7. The van der Waals surface area contributed by atoms with Crippen LogP contribution in [0.3, 0.4) is 0 Å². The molecule has 34 heavy (non-hydrogen) atoms. The van der Waals surface area contributed by atoms with E-state index < -0.39 is 33.5 Å². The Bertz CT molecular complexity index is 1110. The molecule has 1 amide bonds. The highest BCUT2D eigenvalue weighted by Gasteiger charge is 2.33. The molecule has 1 fully saturated rings. The summed E-state index contributed by atoms with van der Waals surface area (Å²) in [4.78, 5) is 23.9. The fourth-order valence-corrected chi connectivity index (χ4v) is 5.16. The molecule has 7 nitrogen and oxygen atoms in total. The lowest BCUT2D eigenvalue weighted by Gasteiger charge is -2.30. The third-order valence-corrected chi connectivity index (χ3v) is 7.64. The van der Waals surface area contributed by atoms with E-state index in [0.29, 0.717) is 18.9 Å². The predicted molar refractivity (Wildman–Crippen MR) is 121 cm³/mol. The molecule has 0 aromatic heterocycles. The molecule has 0 bridgehead atoms. The van der Waals surface area contributed by atoms with Crippen molar-refractivity contribution in [2.24, 2.45) is 5.92 Å². The number of esters is 1. The number of hydrogen-bond acceptors (Lipinski definition) is 5. The second-order valence-electron chi connectivity index (χ2n) is 8.26. The molecule has 10 heteroatoms. The highest BCUT2D eigenvalue weighted by Crippen LogP contribution is 2.25. The number of nitrogens with zero attached hydrogens (tertiary/aromatic N) is 1. The largest absolute Gasteiger partial charge is 0.464 e. The number of aryl methyl sites for hydroxylation is 2. The van der Waals surface area contributed by atoms with Crippen molar-refractivity contribution >= 4 is 21.9 Å². The summed E-state index contributed by atoms with van der Waals surface area (Å²) in [6.45, 7) is 2.36. The Hall–Kier alpha value is -2.85. The van der Waals surface area contributed by atoms with Crippen LogP contribution < -0.4 is 5.32 Å². The van der Waals surface area contributed by atoms with Gasteiger partial charge < -0.3 is 10.1 Å². The van der Waals surface area contributed by atoms with E-state index in [4.69, 9.17) is 4.74 Å². The summed E-state index contributed by atoms with van der Waals surface area (Å²) < 4.78 is 58.2. The minimum absolute atomic E-state index is 0.0302. The van der Waals surface area contributed by atoms with Crippen LogP contribution in [-0.4, -0.2) is 50.8 Å². The zero-order valence-corrected chi connectivity index (χ0v) is 19.7. The molecule has 1 aliphatic rings. The van der Waals surface area contributed by atoms with Crippen LogP contribution in [0.15, 0.2) is 47.4 Å². The van der Waals surface area contributed by atoms with Gasteiger partial charge in [0.2, 0.25) is 15.9 Å². The SMILES string of the molecule is Cc1ccc(CCC(=O)NCCOC(=O)C2CCN(S(=O)(=O)c3ccc(F)c(F)c3)CC2)cc1. The molecule has 1 heterocycles. The number of rotatable bonds is 9. The molecule has 1 aliphatic heterocycles. The Morgan fingerprint density at radius 3 is 2.38 bits per heavy atom. The van der Waals surface area contributed by atoms with Gasteiger partial charge in [-0.2, -0.15) is 4.31 Å². The van der Waals surface area contributed by atoms with Gasteiger partial charge in [-0.25, -0.2) is 17.2 Å². The number of sulfonamides is 1. The van der Waals surface area contributed by atoms with Crippen molar-refractivity contribution in [3.05, 3.63) is 65.2 Å². The van der Waals surface area contributed by atoms with Crippen LogP contribution in [0.1, 0.15) is 30.4 Å². The maximum atomic E-state index is 13.4. The molecule has 0 saturated carbocycles. The Labute approximate surface area is 198 Å². The van der Waals surface area contributed by atoms with Gasteiger partial charge in [0.15, 0.2) is 11.6 Å². The van der Waals surface area contributed by atoms with Crippen molar-refractivity contribution in [1.29, 1.82) is 0 Å². The van der Waals surface area contributed by atoms with E-state index in [-0.39, 0.29) is 49.9 Å². The fourth-order valence-electron chi connectivity index (χ4n) is 3.68. The molecule has 0 aliphatic carbocycles. The van der Waals surface area contributed by atoms with Gasteiger partial charge in [-0.3, -0.25) is 9.59 Å². The third kappa shape index (κ3) is 6.83. The Morgan fingerprint density at radius 2 is 1.74 bits per heavy atom. The maximum absolute atomic E-state index is 13.4. The van der Waals surface area contributed by atoms with Gasteiger partial charge in [-0.15, -0.1) is 0 Å². The maximum Gasteiger partial charge on any atom is 0.309 e. The molecule has 0 spiro atoms. The van der Waals surface area contributed by atoms with Gasteiger partial charge in [0.1, 0.15) is 6.61 Å². The van der Waals surface area contributed by atoms with Gasteiger partial charge in [0, 0.05) is 19.5 Å². The Morgan fingerprint density at radius 1 is 1.06 bits per heavy atom. The molecule has 1 saturated heterocycles. The van der Waals surface area contributed by atoms with E-state index in [9.17, 15) is 26.8 Å². The second-order valence-corrected chi connectivity index (χ2v) is 10.2. The quantitative estimate of drug-likeness (QED) is 0.428. The lowest BCUT2D eigenvalue weighted by Crippen LogP contribution is -2.41. The molecule has 3 rings (SSSR count). The Balaban J connectivity index is 1.36. The van der Waals surface area contributed by atoms with Gasteiger partial charge in [0.05, 0.1) is 17.4 Å². The minimum atomic E-state index is -3.98. The monoisotopic (exact) mass is 494 g/mol. The summed E-state index contributed by atoms with van der Waals surface area (Å²) in [7, 11) is -3.98. The summed E-state index contributed by atoms with van der Waals surface area (Å²) >= 11 is 0. The first-order valence-corrected chi connectivity index (χ1v) is 12.5. The van der Waals surface area contributed by atoms with Gasteiger partial charge >= 0.3 is 5.97 Å². The third-order valence-electron chi connectivity index (χ3n) is 5.75. The average molecular weight is 495 g/mol. The van der Waals surface area contributed by atoms with E-state index in [1.165, 1.54) is 0 Å². The lowest BCUT2D eigenvalue weighted by atomic mass is 9.98. The van der Waals surface area contributed by atoms with Crippen LogP contribution in [0.2, 0.25) is 0 Å². The number of carbonyl (C=O) groups is 2.